The molecule has 1 aromatic rings. The lowest BCUT2D eigenvalue weighted by Gasteiger charge is -2.47. The molecule has 0 aromatic carbocycles. The van der Waals surface area contributed by atoms with Crippen molar-refractivity contribution in [3.05, 3.63) is 30.1 Å². The van der Waals surface area contributed by atoms with Crippen LogP contribution in [-0.4, -0.2) is 70.3 Å². The molecule has 1 N–H and O–H groups in total. The van der Waals surface area contributed by atoms with E-state index < -0.39 is 30.6 Å². The van der Waals surface area contributed by atoms with Crippen LogP contribution in [0.2, 0.25) is 0 Å². The molecule has 1 amide bonds. The average Bonchev–Trinajstić information content (AvgIpc) is 2.68. The largest absolute Gasteiger partial charge is 0.490 e. The summed E-state index contributed by atoms with van der Waals surface area (Å²) in [6, 6.07) is 5.89. The first kappa shape index (κ1) is 25.9. The number of hydrogen-bond acceptors (Lipinski definition) is 4. The van der Waals surface area contributed by atoms with Crippen LogP contribution in [0.1, 0.15) is 37.8 Å². The molecule has 0 saturated carbocycles. The van der Waals surface area contributed by atoms with Crippen molar-refractivity contribution in [1.82, 2.24) is 14.8 Å². The van der Waals surface area contributed by atoms with Crippen LogP contribution in [0.15, 0.2) is 24.4 Å². The minimum atomic E-state index is -5.08. The van der Waals surface area contributed by atoms with Gasteiger partial charge >= 0.3 is 18.3 Å². The van der Waals surface area contributed by atoms with Crippen LogP contribution in [0.5, 0.6) is 0 Å². The fraction of sp³-hybridized carbons (Fsp3) is 0.650. The number of likely N-dealkylation sites (tertiary alicyclic amines) is 2. The lowest BCUT2D eigenvalue weighted by atomic mass is 9.72. The quantitative estimate of drug-likeness (QED) is 0.681. The predicted octanol–water partition coefficient (Wildman–Crippen LogP) is 3.87. The van der Waals surface area contributed by atoms with Crippen LogP contribution in [0.25, 0.3) is 0 Å². The predicted molar refractivity (Wildman–Crippen MR) is 101 cm³/mol. The van der Waals surface area contributed by atoms with Gasteiger partial charge in [-0.15, -0.1) is 0 Å². The minimum absolute atomic E-state index is 0.127. The van der Waals surface area contributed by atoms with E-state index in [2.05, 4.69) is 9.88 Å². The number of rotatable bonds is 3. The highest BCUT2D eigenvalue weighted by molar-refractivity contribution is 5.77. The van der Waals surface area contributed by atoms with Crippen LogP contribution in [-0.2, 0) is 16.1 Å². The first-order valence-corrected chi connectivity index (χ1v) is 10.1. The fourth-order valence-electron chi connectivity index (χ4n) is 4.09. The van der Waals surface area contributed by atoms with E-state index in [4.69, 9.17) is 9.90 Å². The summed E-state index contributed by atoms with van der Waals surface area (Å²) in [5, 5.41) is 7.12. The zero-order valence-electron chi connectivity index (χ0n) is 17.3. The zero-order chi connectivity index (χ0) is 24.0. The van der Waals surface area contributed by atoms with Crippen LogP contribution in [0.3, 0.4) is 0 Å². The number of aromatic nitrogens is 1. The Morgan fingerprint density at radius 3 is 2.16 bits per heavy atom. The van der Waals surface area contributed by atoms with Crippen LogP contribution in [0, 0.1) is 5.41 Å². The molecule has 1 aromatic heterocycles. The number of halogens is 6. The second-order valence-corrected chi connectivity index (χ2v) is 8.11. The van der Waals surface area contributed by atoms with Crippen LogP contribution < -0.4 is 0 Å². The summed E-state index contributed by atoms with van der Waals surface area (Å²) in [4.78, 5) is 28.8. The molecule has 2 aliphatic heterocycles. The monoisotopic (exact) mass is 469 g/mol. The second kappa shape index (κ2) is 10.5. The molecule has 2 aliphatic rings. The molecular weight excluding hydrogens is 444 g/mol. The van der Waals surface area contributed by atoms with Crippen molar-refractivity contribution in [3.8, 4) is 0 Å². The molecule has 2 saturated heterocycles. The normalized spacial score (nSPS) is 19.2. The maximum Gasteiger partial charge on any atom is 0.490 e. The first-order valence-electron chi connectivity index (χ1n) is 10.1. The van der Waals surface area contributed by atoms with Crippen molar-refractivity contribution in [2.75, 3.05) is 26.2 Å². The molecule has 1 spiro atoms. The van der Waals surface area contributed by atoms with E-state index in [-0.39, 0.29) is 5.41 Å². The maximum absolute atomic E-state index is 12.4. The van der Waals surface area contributed by atoms with Gasteiger partial charge in [-0.05, 0) is 49.8 Å². The van der Waals surface area contributed by atoms with Crippen molar-refractivity contribution in [2.45, 2.75) is 51.0 Å². The van der Waals surface area contributed by atoms with E-state index in [9.17, 15) is 31.1 Å². The summed E-state index contributed by atoms with van der Waals surface area (Å²) in [5.74, 6) is -3.55. The van der Waals surface area contributed by atoms with Gasteiger partial charge < -0.3 is 10.0 Å². The molecule has 3 rings (SSSR count). The number of carbonyl (C=O) groups is 2. The molecule has 6 nitrogen and oxygen atoms in total. The van der Waals surface area contributed by atoms with Gasteiger partial charge in [-0.1, -0.05) is 6.07 Å². The summed E-state index contributed by atoms with van der Waals surface area (Å²) in [6.07, 6.45) is -5.30. The summed E-state index contributed by atoms with van der Waals surface area (Å²) >= 11 is 0. The van der Waals surface area contributed by atoms with E-state index in [0.29, 0.717) is 13.1 Å². The van der Waals surface area contributed by atoms with Gasteiger partial charge in [0.25, 0.3) is 0 Å². The highest BCUT2D eigenvalue weighted by atomic mass is 19.4. The number of aliphatic carboxylic acids is 1. The third-order valence-electron chi connectivity index (χ3n) is 5.62. The minimum Gasteiger partial charge on any atom is -0.475 e. The number of pyridine rings is 1. The summed E-state index contributed by atoms with van der Waals surface area (Å²) < 4.78 is 69.0. The molecular formula is C20H25F6N3O3. The summed E-state index contributed by atoms with van der Waals surface area (Å²) in [5.41, 5.74) is 1.17. The number of carboxylic acid groups (broad SMARTS) is 1. The second-order valence-electron chi connectivity index (χ2n) is 8.11. The lowest BCUT2D eigenvalue weighted by molar-refractivity contribution is -0.192. The highest BCUT2D eigenvalue weighted by Gasteiger charge is 2.41. The van der Waals surface area contributed by atoms with E-state index in [0.717, 1.165) is 51.0 Å². The van der Waals surface area contributed by atoms with Gasteiger partial charge in [0.15, 0.2) is 0 Å². The molecule has 0 unspecified atom stereocenters. The van der Waals surface area contributed by atoms with E-state index >= 15 is 0 Å². The fourth-order valence-corrected chi connectivity index (χ4v) is 4.09. The molecule has 0 radical (unpaired) electrons. The lowest BCUT2D eigenvalue weighted by Crippen LogP contribution is -2.50. The number of piperidine rings is 2. The standard InChI is InChI=1S/C18H24F3N3O.C2HF3O2/c19-18(20,21)12-16(25)24-10-6-17(7-11-24)5-3-9-23(14-17)13-15-4-1-2-8-22-15;3-2(4,5)1(6)7/h1-2,4,8H,3,5-7,9-14H2;(H,6,7). The number of amides is 1. The van der Waals surface area contributed by atoms with Crippen LogP contribution in [0.4, 0.5) is 26.3 Å². The molecule has 3 heterocycles. The van der Waals surface area contributed by atoms with E-state index in [1.54, 1.807) is 6.20 Å². The van der Waals surface area contributed by atoms with Crippen molar-refractivity contribution in [2.24, 2.45) is 5.41 Å². The molecule has 0 aliphatic carbocycles. The van der Waals surface area contributed by atoms with Crippen molar-refractivity contribution in [3.63, 3.8) is 0 Å². The van der Waals surface area contributed by atoms with E-state index in [1.165, 1.54) is 4.90 Å². The number of nitrogens with zero attached hydrogens (tertiary/aromatic N) is 3. The average molecular weight is 469 g/mol. The van der Waals surface area contributed by atoms with Crippen LogP contribution >= 0.6 is 0 Å². The molecule has 12 heteroatoms. The molecule has 0 atom stereocenters. The van der Waals surface area contributed by atoms with E-state index in [1.807, 2.05) is 18.2 Å². The molecule has 32 heavy (non-hydrogen) atoms. The van der Waals surface area contributed by atoms with Crippen molar-refractivity contribution in [1.29, 1.82) is 0 Å². The Morgan fingerprint density at radius 2 is 1.66 bits per heavy atom. The zero-order valence-corrected chi connectivity index (χ0v) is 17.3. The number of alkyl halides is 6. The first-order chi connectivity index (χ1) is 14.8. The summed E-state index contributed by atoms with van der Waals surface area (Å²) in [7, 11) is 0. The highest BCUT2D eigenvalue weighted by Crippen LogP contribution is 2.40. The number of carboxylic acids is 1. The number of carbonyl (C=O) groups excluding carboxylic acids is 1. The Balaban J connectivity index is 0.000000451. The Bertz CT molecular complexity index is 762. The number of hydrogen-bond donors (Lipinski definition) is 1. The third-order valence-corrected chi connectivity index (χ3v) is 5.62. The van der Waals surface area contributed by atoms with Gasteiger partial charge in [0.05, 0.1) is 5.69 Å². The molecule has 0 bridgehead atoms. The van der Waals surface area contributed by atoms with Gasteiger partial charge in [0, 0.05) is 32.4 Å². The van der Waals surface area contributed by atoms with Gasteiger partial charge in [-0.25, -0.2) is 4.79 Å². The van der Waals surface area contributed by atoms with Gasteiger partial charge in [0.2, 0.25) is 5.91 Å². The Kier molecular flexibility index (Phi) is 8.49. The molecule has 2 fully saturated rings. The Hall–Kier alpha value is -2.37. The SMILES string of the molecule is O=C(CC(F)(F)F)N1CCC2(CCCN(Cc3ccccn3)C2)CC1.O=C(O)C(F)(F)F. The van der Waals surface area contributed by atoms with Crippen molar-refractivity contribution < 1.29 is 41.0 Å². The van der Waals surface area contributed by atoms with Gasteiger partial charge in [-0.3, -0.25) is 14.7 Å². The van der Waals surface area contributed by atoms with Gasteiger partial charge in [-0.2, -0.15) is 26.3 Å². The topological polar surface area (TPSA) is 73.7 Å². The molecule has 180 valence electrons. The van der Waals surface area contributed by atoms with Crippen molar-refractivity contribution >= 4 is 11.9 Å². The van der Waals surface area contributed by atoms with Gasteiger partial charge in [0.1, 0.15) is 6.42 Å². The summed E-state index contributed by atoms with van der Waals surface area (Å²) in [6.45, 7) is 3.64. The Morgan fingerprint density at radius 1 is 1.03 bits per heavy atom. The smallest absolute Gasteiger partial charge is 0.475 e. The third kappa shape index (κ3) is 8.29. The maximum atomic E-state index is 12.4. The Labute approximate surface area is 181 Å².